The molecule has 1 atom stereocenters. The van der Waals surface area contributed by atoms with E-state index in [1.54, 1.807) is 0 Å². The van der Waals surface area contributed by atoms with Crippen molar-refractivity contribution in [2.24, 2.45) is 10.7 Å². The first-order valence-electron chi connectivity index (χ1n) is 8.33. The van der Waals surface area contributed by atoms with Gasteiger partial charge in [0.25, 0.3) is 0 Å². The summed E-state index contributed by atoms with van der Waals surface area (Å²) in [5.41, 5.74) is 7.21. The number of para-hydroxylation sites is 1. The molecule has 1 unspecified atom stereocenters. The van der Waals surface area contributed by atoms with E-state index in [-0.39, 0.29) is 30.0 Å². The molecule has 0 bridgehead atoms. The molecule has 128 valence electrons. The third-order valence-electron chi connectivity index (χ3n) is 4.39. The maximum atomic E-state index is 6.04. The van der Waals surface area contributed by atoms with Gasteiger partial charge in [0, 0.05) is 18.5 Å². The molecular formula is C17H27IN4O. The van der Waals surface area contributed by atoms with Crippen molar-refractivity contribution >= 4 is 29.9 Å². The molecule has 2 heterocycles. The van der Waals surface area contributed by atoms with Gasteiger partial charge in [0.2, 0.25) is 0 Å². The van der Waals surface area contributed by atoms with E-state index < -0.39 is 0 Å². The third-order valence-corrected chi connectivity index (χ3v) is 4.39. The van der Waals surface area contributed by atoms with Crippen LogP contribution in [0.25, 0.3) is 0 Å². The van der Waals surface area contributed by atoms with Gasteiger partial charge in [-0.3, -0.25) is 4.99 Å². The van der Waals surface area contributed by atoms with Crippen molar-refractivity contribution in [3.05, 3.63) is 29.8 Å². The summed E-state index contributed by atoms with van der Waals surface area (Å²) in [6.45, 7) is 5.14. The number of aliphatic imine (C=N–C) groups is 1. The van der Waals surface area contributed by atoms with E-state index in [4.69, 9.17) is 10.5 Å². The van der Waals surface area contributed by atoms with E-state index in [9.17, 15) is 0 Å². The Morgan fingerprint density at radius 3 is 2.91 bits per heavy atom. The van der Waals surface area contributed by atoms with E-state index in [0.717, 1.165) is 38.3 Å². The summed E-state index contributed by atoms with van der Waals surface area (Å²) in [6.07, 6.45) is 4.68. The minimum absolute atomic E-state index is 0. The Kier molecular flexibility index (Phi) is 7.42. The number of fused-ring (bicyclic) bond motifs is 1. The average Bonchev–Trinajstić information content (AvgIpc) is 3.05. The number of rotatable bonds is 5. The normalized spacial score (nSPS) is 21.2. The second kappa shape index (κ2) is 9.32. The lowest BCUT2D eigenvalue weighted by Gasteiger charge is -2.27. The van der Waals surface area contributed by atoms with E-state index in [1.807, 2.05) is 18.2 Å². The molecule has 1 aromatic carbocycles. The zero-order valence-electron chi connectivity index (χ0n) is 13.5. The van der Waals surface area contributed by atoms with E-state index in [1.165, 1.54) is 31.5 Å². The number of ether oxygens (including phenoxy) is 1. The number of halogens is 1. The zero-order chi connectivity index (χ0) is 15.2. The molecule has 3 rings (SSSR count). The Balaban J connectivity index is 0.00000192. The van der Waals surface area contributed by atoms with Crippen molar-refractivity contribution in [2.45, 2.75) is 31.7 Å². The predicted molar refractivity (Wildman–Crippen MR) is 105 cm³/mol. The van der Waals surface area contributed by atoms with Crippen LogP contribution in [0.2, 0.25) is 0 Å². The van der Waals surface area contributed by atoms with Gasteiger partial charge < -0.3 is 20.7 Å². The number of hydrogen-bond acceptors (Lipinski definition) is 3. The molecule has 0 saturated carbocycles. The smallest absolute Gasteiger partial charge is 0.189 e. The van der Waals surface area contributed by atoms with Gasteiger partial charge in [-0.2, -0.15) is 0 Å². The lowest BCUT2D eigenvalue weighted by molar-refractivity contribution is 0.262. The minimum Gasteiger partial charge on any atom is -0.493 e. The number of likely N-dealkylation sites (tertiary alicyclic amines) is 1. The van der Waals surface area contributed by atoms with Gasteiger partial charge in [-0.05, 0) is 45.0 Å². The fourth-order valence-corrected chi connectivity index (χ4v) is 3.22. The van der Waals surface area contributed by atoms with Gasteiger partial charge in [0.05, 0.1) is 12.6 Å². The molecule has 0 aromatic heterocycles. The first kappa shape index (κ1) is 18.3. The van der Waals surface area contributed by atoms with Gasteiger partial charge in [-0.15, -0.1) is 24.0 Å². The van der Waals surface area contributed by atoms with Crippen LogP contribution in [0.1, 0.15) is 37.3 Å². The summed E-state index contributed by atoms with van der Waals surface area (Å²) in [6, 6.07) is 8.33. The molecule has 2 aliphatic rings. The van der Waals surface area contributed by atoms with Crippen LogP contribution in [0.3, 0.4) is 0 Å². The minimum atomic E-state index is 0. The summed E-state index contributed by atoms with van der Waals surface area (Å²) in [5.74, 6) is 1.50. The summed E-state index contributed by atoms with van der Waals surface area (Å²) >= 11 is 0. The maximum absolute atomic E-state index is 6.04. The topological polar surface area (TPSA) is 62.9 Å². The molecule has 1 saturated heterocycles. The second-order valence-corrected chi connectivity index (χ2v) is 6.04. The summed E-state index contributed by atoms with van der Waals surface area (Å²) in [7, 11) is 0. The van der Waals surface area contributed by atoms with Gasteiger partial charge in [0.15, 0.2) is 5.96 Å². The third kappa shape index (κ3) is 5.24. The molecule has 0 spiro atoms. The number of nitrogens with two attached hydrogens (primary N) is 1. The molecular weight excluding hydrogens is 403 g/mol. The first-order valence-corrected chi connectivity index (χ1v) is 8.33. The average molecular weight is 430 g/mol. The summed E-state index contributed by atoms with van der Waals surface area (Å²) in [5, 5.41) is 3.34. The quantitative estimate of drug-likeness (QED) is 0.326. The van der Waals surface area contributed by atoms with Crippen molar-refractivity contribution in [1.82, 2.24) is 10.2 Å². The van der Waals surface area contributed by atoms with E-state index in [0.29, 0.717) is 5.96 Å². The van der Waals surface area contributed by atoms with Crippen molar-refractivity contribution in [1.29, 1.82) is 0 Å². The van der Waals surface area contributed by atoms with Crippen molar-refractivity contribution in [2.75, 3.05) is 32.8 Å². The van der Waals surface area contributed by atoms with E-state index >= 15 is 0 Å². The molecule has 0 radical (unpaired) electrons. The summed E-state index contributed by atoms with van der Waals surface area (Å²) in [4.78, 5) is 6.98. The van der Waals surface area contributed by atoms with Gasteiger partial charge in [-0.1, -0.05) is 18.2 Å². The molecule has 2 aliphatic heterocycles. The van der Waals surface area contributed by atoms with E-state index in [2.05, 4.69) is 21.3 Å². The van der Waals surface area contributed by atoms with Crippen LogP contribution in [0.4, 0.5) is 0 Å². The number of hydrogen-bond donors (Lipinski definition) is 2. The molecule has 1 fully saturated rings. The molecule has 6 heteroatoms. The first-order chi connectivity index (χ1) is 10.8. The highest BCUT2D eigenvalue weighted by Crippen LogP contribution is 2.31. The highest BCUT2D eigenvalue weighted by Gasteiger charge is 2.21. The van der Waals surface area contributed by atoms with Gasteiger partial charge >= 0.3 is 0 Å². The number of nitrogens with one attached hydrogen (secondary N) is 1. The summed E-state index contributed by atoms with van der Waals surface area (Å²) < 4.78 is 5.66. The van der Waals surface area contributed by atoms with Crippen molar-refractivity contribution < 1.29 is 4.74 Å². The lowest BCUT2D eigenvalue weighted by Crippen LogP contribution is -2.37. The van der Waals surface area contributed by atoms with Crippen LogP contribution in [-0.4, -0.2) is 43.6 Å². The number of benzene rings is 1. The van der Waals surface area contributed by atoms with Crippen molar-refractivity contribution in [3.63, 3.8) is 0 Å². The fraction of sp³-hybridized carbons (Fsp3) is 0.588. The van der Waals surface area contributed by atoms with Crippen LogP contribution in [0, 0.1) is 0 Å². The van der Waals surface area contributed by atoms with Crippen LogP contribution in [0.5, 0.6) is 5.75 Å². The standard InChI is InChI=1S/C17H26N4O.HI/c18-17(19-9-5-12-21-10-3-4-11-21)20-15-8-13-22-16-7-2-1-6-14(15)16;/h1-2,6-7,15H,3-5,8-13H2,(H3,18,19,20);1H. The molecule has 0 amide bonds. The van der Waals surface area contributed by atoms with Crippen LogP contribution in [-0.2, 0) is 0 Å². The van der Waals surface area contributed by atoms with Crippen molar-refractivity contribution in [3.8, 4) is 5.75 Å². The molecule has 23 heavy (non-hydrogen) atoms. The highest BCUT2D eigenvalue weighted by atomic mass is 127. The monoisotopic (exact) mass is 430 g/mol. The van der Waals surface area contributed by atoms with Gasteiger partial charge in [0.1, 0.15) is 5.75 Å². The zero-order valence-corrected chi connectivity index (χ0v) is 15.9. The molecule has 0 aliphatic carbocycles. The Labute approximate surface area is 155 Å². The Bertz CT molecular complexity index is 517. The van der Waals surface area contributed by atoms with Gasteiger partial charge in [-0.25, -0.2) is 0 Å². The Morgan fingerprint density at radius 2 is 2.09 bits per heavy atom. The largest absolute Gasteiger partial charge is 0.493 e. The highest BCUT2D eigenvalue weighted by molar-refractivity contribution is 14.0. The van der Waals surface area contributed by atoms with Crippen LogP contribution in [0.15, 0.2) is 29.3 Å². The maximum Gasteiger partial charge on any atom is 0.189 e. The van der Waals surface area contributed by atoms with Crippen LogP contribution < -0.4 is 15.8 Å². The molecule has 3 N–H and O–H groups in total. The number of nitrogens with zero attached hydrogens (tertiary/aromatic N) is 2. The fourth-order valence-electron chi connectivity index (χ4n) is 3.22. The lowest BCUT2D eigenvalue weighted by atomic mass is 10.0. The molecule has 1 aromatic rings. The second-order valence-electron chi connectivity index (χ2n) is 6.04. The Morgan fingerprint density at radius 1 is 1.30 bits per heavy atom. The Hall–Kier alpha value is -1.02. The molecule has 5 nitrogen and oxygen atoms in total. The SMILES string of the molecule is I.NC(=NCCCN1CCCC1)NC1CCOc2ccccc21. The van der Waals surface area contributed by atoms with Crippen LogP contribution >= 0.6 is 24.0 Å². The predicted octanol–water partition coefficient (Wildman–Crippen LogP) is 2.52. The number of guanidine groups is 1.